The van der Waals surface area contributed by atoms with E-state index in [2.05, 4.69) is 43.5 Å². The second-order valence-corrected chi connectivity index (χ2v) is 22.8. The Labute approximate surface area is 462 Å². The predicted octanol–water partition coefficient (Wildman–Crippen LogP) is 21.1. The molecular weight excluding hydrogens is 911 g/mol. The van der Waals surface area contributed by atoms with E-state index >= 15 is 0 Å². The standard InChI is InChI=1S/C68H129NO5/c1-3-5-7-9-11-13-15-37-42-46-50-54-58-62-68(73)74-63-59-55-51-47-43-39-36-34-32-30-28-26-24-22-20-18-16-17-19-21-23-25-27-29-31-33-35-38-41-45-49-53-57-61-67(72)69-65(64-70)66(71)60-56-52-48-44-40-14-12-10-8-6-4-2/h13,15,20,22,56,60,65-66,70-71H,3-12,14,16-19,21,23-55,57-59,61-64H2,1-2H3,(H,69,72)/b15-13-,22-20-,60-56+. The Morgan fingerprint density at radius 3 is 0.973 bits per heavy atom. The molecule has 0 saturated carbocycles. The van der Waals surface area contributed by atoms with Crippen LogP contribution < -0.4 is 5.32 Å². The molecule has 6 heteroatoms. The Balaban J connectivity index is 3.34. The van der Waals surface area contributed by atoms with Crippen LogP contribution >= 0.6 is 0 Å². The van der Waals surface area contributed by atoms with Crippen molar-refractivity contribution >= 4 is 11.9 Å². The third kappa shape index (κ3) is 59.3. The number of carbonyl (C=O) groups is 2. The summed E-state index contributed by atoms with van der Waals surface area (Å²) >= 11 is 0. The smallest absolute Gasteiger partial charge is 0.305 e. The number of hydrogen-bond acceptors (Lipinski definition) is 5. The zero-order chi connectivity index (χ0) is 53.6. The minimum Gasteiger partial charge on any atom is -0.466 e. The summed E-state index contributed by atoms with van der Waals surface area (Å²) in [7, 11) is 0. The van der Waals surface area contributed by atoms with Gasteiger partial charge in [0.15, 0.2) is 0 Å². The Kier molecular flexibility index (Phi) is 62.0. The number of aliphatic hydroxyl groups is 2. The van der Waals surface area contributed by atoms with Crippen LogP contribution in [0.25, 0.3) is 0 Å². The van der Waals surface area contributed by atoms with Gasteiger partial charge < -0.3 is 20.3 Å². The van der Waals surface area contributed by atoms with Gasteiger partial charge in [0.2, 0.25) is 5.91 Å². The van der Waals surface area contributed by atoms with Gasteiger partial charge in [-0.1, -0.05) is 301 Å². The molecule has 0 radical (unpaired) electrons. The third-order valence-corrected chi connectivity index (χ3v) is 15.4. The lowest BCUT2D eigenvalue weighted by Gasteiger charge is -2.20. The number of esters is 1. The monoisotopic (exact) mass is 1040 g/mol. The van der Waals surface area contributed by atoms with Crippen LogP contribution in [0.5, 0.6) is 0 Å². The molecule has 0 aromatic heterocycles. The van der Waals surface area contributed by atoms with Gasteiger partial charge in [0.05, 0.1) is 25.4 Å². The highest BCUT2D eigenvalue weighted by atomic mass is 16.5. The van der Waals surface area contributed by atoms with E-state index in [4.69, 9.17) is 4.74 Å². The summed E-state index contributed by atoms with van der Waals surface area (Å²) in [5.74, 6) is -0.0560. The first-order valence-electron chi connectivity index (χ1n) is 33.3. The number of aliphatic hydroxyl groups excluding tert-OH is 2. The first kappa shape index (κ1) is 72.1. The Morgan fingerprint density at radius 2 is 0.635 bits per heavy atom. The molecule has 0 aromatic rings. The maximum absolute atomic E-state index is 12.4. The SMILES string of the molecule is CCCCCC/C=C\CCCCCCCC(=O)OCCCCCCCCCCCCCC/C=C\CCCCCCCCCCCCCCCCCCCC(=O)NC(CO)C(O)/C=C/CCCCCCCCCCC. The molecule has 0 aliphatic carbocycles. The van der Waals surface area contributed by atoms with Crippen LogP contribution in [0.3, 0.4) is 0 Å². The molecule has 3 N–H and O–H groups in total. The summed E-state index contributed by atoms with van der Waals surface area (Å²) in [6, 6.07) is -0.624. The molecule has 0 aromatic carbocycles. The molecule has 0 aliphatic rings. The van der Waals surface area contributed by atoms with E-state index in [1.807, 2.05) is 6.08 Å². The number of hydrogen-bond donors (Lipinski definition) is 3. The fourth-order valence-corrected chi connectivity index (χ4v) is 10.3. The molecule has 2 atom stereocenters. The van der Waals surface area contributed by atoms with Crippen molar-refractivity contribution in [2.45, 2.75) is 373 Å². The summed E-state index contributed by atoms with van der Waals surface area (Å²) in [5, 5.41) is 23.0. The molecule has 1 amide bonds. The van der Waals surface area contributed by atoms with Crippen LogP contribution in [-0.2, 0) is 14.3 Å². The van der Waals surface area contributed by atoms with Crippen LogP contribution in [0, 0.1) is 0 Å². The zero-order valence-electron chi connectivity index (χ0n) is 49.8. The van der Waals surface area contributed by atoms with E-state index in [0.29, 0.717) is 19.4 Å². The first-order chi connectivity index (χ1) is 36.5. The van der Waals surface area contributed by atoms with Gasteiger partial charge in [0.1, 0.15) is 0 Å². The number of amides is 1. The topological polar surface area (TPSA) is 95.9 Å². The van der Waals surface area contributed by atoms with E-state index in [-0.39, 0.29) is 18.5 Å². The molecular formula is C68H129NO5. The molecule has 0 aliphatic heterocycles. The minimum absolute atomic E-state index is 0.00914. The highest BCUT2D eigenvalue weighted by Crippen LogP contribution is 2.18. The fourth-order valence-electron chi connectivity index (χ4n) is 10.3. The molecule has 0 rings (SSSR count). The highest BCUT2D eigenvalue weighted by molar-refractivity contribution is 5.76. The van der Waals surface area contributed by atoms with Gasteiger partial charge in [-0.25, -0.2) is 0 Å². The van der Waals surface area contributed by atoms with E-state index in [0.717, 1.165) is 44.9 Å². The first-order valence-corrected chi connectivity index (χ1v) is 33.3. The van der Waals surface area contributed by atoms with Gasteiger partial charge in [-0.3, -0.25) is 9.59 Å². The average Bonchev–Trinajstić information content (AvgIpc) is 3.40. The summed E-state index contributed by atoms with van der Waals surface area (Å²) in [6.45, 7) is 4.89. The molecule has 74 heavy (non-hydrogen) atoms. The van der Waals surface area contributed by atoms with Gasteiger partial charge >= 0.3 is 5.97 Å². The van der Waals surface area contributed by atoms with Gasteiger partial charge in [-0.15, -0.1) is 0 Å². The summed E-state index contributed by atoms with van der Waals surface area (Å²) < 4.78 is 5.48. The van der Waals surface area contributed by atoms with E-state index in [1.165, 1.54) is 289 Å². The number of carbonyl (C=O) groups excluding carboxylic acids is 2. The molecule has 6 nitrogen and oxygen atoms in total. The Hall–Kier alpha value is -1.92. The van der Waals surface area contributed by atoms with Crippen molar-refractivity contribution in [1.82, 2.24) is 5.32 Å². The van der Waals surface area contributed by atoms with Crippen LogP contribution in [-0.4, -0.2) is 47.4 Å². The number of allylic oxidation sites excluding steroid dienone is 5. The highest BCUT2D eigenvalue weighted by Gasteiger charge is 2.18. The van der Waals surface area contributed by atoms with E-state index in [9.17, 15) is 19.8 Å². The summed E-state index contributed by atoms with van der Waals surface area (Å²) in [5.41, 5.74) is 0. The van der Waals surface area contributed by atoms with E-state index in [1.54, 1.807) is 6.08 Å². The third-order valence-electron chi connectivity index (χ3n) is 15.4. The Bertz CT molecular complexity index is 1200. The van der Waals surface area contributed by atoms with Crippen LogP contribution in [0.2, 0.25) is 0 Å². The summed E-state index contributed by atoms with van der Waals surface area (Å²) in [6.07, 6.45) is 80.8. The molecule has 2 unspecified atom stereocenters. The van der Waals surface area contributed by atoms with Crippen molar-refractivity contribution in [3.05, 3.63) is 36.5 Å². The molecule has 436 valence electrons. The molecule has 0 saturated heterocycles. The number of ether oxygens (including phenoxy) is 1. The number of rotatable bonds is 62. The second kappa shape index (κ2) is 63.6. The van der Waals surface area contributed by atoms with Crippen molar-refractivity contribution in [1.29, 1.82) is 0 Å². The van der Waals surface area contributed by atoms with Crippen molar-refractivity contribution in [3.63, 3.8) is 0 Å². The average molecular weight is 1040 g/mol. The molecule has 0 spiro atoms. The predicted molar refractivity (Wildman–Crippen MR) is 324 cm³/mol. The number of unbranched alkanes of at least 4 members (excludes halogenated alkanes) is 47. The van der Waals surface area contributed by atoms with Crippen molar-refractivity contribution in [2.75, 3.05) is 13.2 Å². The second-order valence-electron chi connectivity index (χ2n) is 22.8. The van der Waals surface area contributed by atoms with Gasteiger partial charge in [-0.2, -0.15) is 0 Å². The fraction of sp³-hybridized carbons (Fsp3) is 0.882. The molecule has 0 fully saturated rings. The van der Waals surface area contributed by atoms with Crippen LogP contribution in [0.15, 0.2) is 36.5 Å². The van der Waals surface area contributed by atoms with Gasteiger partial charge in [0.25, 0.3) is 0 Å². The van der Waals surface area contributed by atoms with E-state index < -0.39 is 12.1 Å². The van der Waals surface area contributed by atoms with Crippen molar-refractivity contribution in [2.24, 2.45) is 0 Å². The van der Waals surface area contributed by atoms with Crippen molar-refractivity contribution in [3.8, 4) is 0 Å². The number of nitrogens with one attached hydrogen (secondary N) is 1. The largest absolute Gasteiger partial charge is 0.466 e. The lowest BCUT2D eigenvalue weighted by Crippen LogP contribution is -2.45. The van der Waals surface area contributed by atoms with Crippen LogP contribution in [0.4, 0.5) is 0 Å². The Morgan fingerprint density at radius 1 is 0.365 bits per heavy atom. The summed E-state index contributed by atoms with van der Waals surface area (Å²) in [4.78, 5) is 24.5. The molecule has 0 bridgehead atoms. The normalized spacial score (nSPS) is 12.8. The molecule has 0 heterocycles. The van der Waals surface area contributed by atoms with Gasteiger partial charge in [0, 0.05) is 12.8 Å². The minimum atomic E-state index is -0.840. The maximum atomic E-state index is 12.4. The lowest BCUT2D eigenvalue weighted by atomic mass is 10.0. The quantitative estimate of drug-likeness (QED) is 0.0320. The maximum Gasteiger partial charge on any atom is 0.305 e. The van der Waals surface area contributed by atoms with Gasteiger partial charge in [-0.05, 0) is 83.5 Å². The lowest BCUT2D eigenvalue weighted by molar-refractivity contribution is -0.143. The van der Waals surface area contributed by atoms with Crippen LogP contribution in [0.1, 0.15) is 361 Å². The zero-order valence-corrected chi connectivity index (χ0v) is 49.8. The van der Waals surface area contributed by atoms with Crippen molar-refractivity contribution < 1.29 is 24.5 Å².